The summed E-state index contributed by atoms with van der Waals surface area (Å²) in [5, 5.41) is 0. The Morgan fingerprint density at radius 2 is 2.14 bits per heavy atom. The molecule has 4 nitrogen and oxygen atoms in total. The summed E-state index contributed by atoms with van der Waals surface area (Å²) >= 11 is 5.93. The van der Waals surface area contributed by atoms with Crippen molar-refractivity contribution in [1.82, 2.24) is 14.5 Å². The zero-order chi connectivity index (χ0) is 14.8. The first-order valence-electron chi connectivity index (χ1n) is 6.77. The van der Waals surface area contributed by atoms with Crippen molar-refractivity contribution in [3.63, 3.8) is 0 Å². The van der Waals surface area contributed by atoms with Crippen molar-refractivity contribution in [2.75, 3.05) is 13.0 Å². The predicted octanol–water partition coefficient (Wildman–Crippen LogP) is 3.52. The number of ether oxygens (including phenoxy) is 1. The highest BCUT2D eigenvalue weighted by Crippen LogP contribution is 2.29. The Bertz CT molecular complexity index is 782. The molecule has 21 heavy (non-hydrogen) atoms. The summed E-state index contributed by atoms with van der Waals surface area (Å²) in [5.74, 6) is 2.25. The summed E-state index contributed by atoms with van der Waals surface area (Å²) < 4.78 is 7.61. The number of aromatic nitrogens is 3. The quantitative estimate of drug-likeness (QED) is 0.692. The van der Waals surface area contributed by atoms with E-state index in [1.54, 1.807) is 19.5 Å². The summed E-state index contributed by atoms with van der Waals surface area (Å²) in [6.45, 7) is 2.06. The van der Waals surface area contributed by atoms with Gasteiger partial charge in [-0.3, -0.25) is 9.55 Å². The highest BCUT2D eigenvalue weighted by Gasteiger charge is 2.15. The van der Waals surface area contributed by atoms with Gasteiger partial charge in [0.1, 0.15) is 17.1 Å². The third-order valence-electron chi connectivity index (χ3n) is 3.42. The van der Waals surface area contributed by atoms with Gasteiger partial charge < -0.3 is 4.74 Å². The SMILES string of the molecule is COc1ccc(C)cc1-n1c(CCCl)nc2cnccc21. The standard InChI is InChI=1S/C16H16ClN3O/c1-11-3-4-15(21-2)14(9-11)20-13-6-8-18-10-12(13)19-16(20)5-7-17/h3-4,6,8-10H,5,7H2,1-2H3. The lowest BCUT2D eigenvalue weighted by atomic mass is 10.2. The van der Waals surface area contributed by atoms with Crippen molar-refractivity contribution in [1.29, 1.82) is 0 Å². The zero-order valence-corrected chi connectivity index (χ0v) is 12.8. The molecular formula is C16H16ClN3O. The number of aryl methyl sites for hydroxylation is 2. The van der Waals surface area contributed by atoms with E-state index >= 15 is 0 Å². The van der Waals surface area contributed by atoms with Gasteiger partial charge in [-0.25, -0.2) is 4.98 Å². The highest BCUT2D eigenvalue weighted by atomic mass is 35.5. The van der Waals surface area contributed by atoms with Crippen LogP contribution in [0.4, 0.5) is 0 Å². The van der Waals surface area contributed by atoms with Gasteiger partial charge in [0.2, 0.25) is 0 Å². The predicted molar refractivity (Wildman–Crippen MR) is 84.6 cm³/mol. The third kappa shape index (κ3) is 2.47. The van der Waals surface area contributed by atoms with Crippen LogP contribution >= 0.6 is 11.6 Å². The summed E-state index contributed by atoms with van der Waals surface area (Å²) in [6, 6.07) is 8.06. The first kappa shape index (κ1) is 13.9. The number of hydrogen-bond acceptors (Lipinski definition) is 3. The molecule has 0 aliphatic carbocycles. The average molecular weight is 302 g/mol. The van der Waals surface area contributed by atoms with E-state index in [2.05, 4.69) is 27.5 Å². The van der Waals surface area contributed by atoms with Crippen LogP contribution in [0.25, 0.3) is 16.7 Å². The van der Waals surface area contributed by atoms with Crippen molar-refractivity contribution in [2.24, 2.45) is 0 Å². The van der Waals surface area contributed by atoms with Gasteiger partial charge in [0, 0.05) is 18.5 Å². The smallest absolute Gasteiger partial charge is 0.142 e. The minimum Gasteiger partial charge on any atom is -0.495 e. The summed E-state index contributed by atoms with van der Waals surface area (Å²) in [7, 11) is 1.68. The van der Waals surface area contributed by atoms with Gasteiger partial charge in [-0.05, 0) is 30.7 Å². The normalized spacial score (nSPS) is 11.0. The molecule has 5 heteroatoms. The first-order valence-corrected chi connectivity index (χ1v) is 7.30. The molecule has 0 N–H and O–H groups in total. The van der Waals surface area contributed by atoms with Crippen LogP contribution in [-0.4, -0.2) is 27.5 Å². The van der Waals surface area contributed by atoms with Crippen LogP contribution in [0.15, 0.2) is 36.7 Å². The molecule has 2 heterocycles. The molecule has 1 aromatic carbocycles. The Hall–Kier alpha value is -2.07. The molecule has 0 fully saturated rings. The summed E-state index contributed by atoms with van der Waals surface area (Å²) in [5.41, 5.74) is 4.01. The summed E-state index contributed by atoms with van der Waals surface area (Å²) in [4.78, 5) is 8.79. The molecule has 0 aliphatic rings. The topological polar surface area (TPSA) is 39.9 Å². The third-order valence-corrected chi connectivity index (χ3v) is 3.61. The molecule has 0 atom stereocenters. The summed E-state index contributed by atoms with van der Waals surface area (Å²) in [6.07, 6.45) is 4.23. The van der Waals surface area contributed by atoms with Gasteiger partial charge in [-0.15, -0.1) is 11.6 Å². The molecular weight excluding hydrogens is 286 g/mol. The minimum absolute atomic E-state index is 0.519. The molecule has 0 spiro atoms. The van der Waals surface area contributed by atoms with E-state index in [0.717, 1.165) is 28.3 Å². The van der Waals surface area contributed by atoms with E-state index in [4.69, 9.17) is 16.3 Å². The first-order chi connectivity index (χ1) is 10.2. The molecule has 0 bridgehead atoms. The second-order valence-corrected chi connectivity index (χ2v) is 5.22. The molecule has 108 valence electrons. The number of halogens is 1. The fourth-order valence-corrected chi connectivity index (χ4v) is 2.65. The number of hydrogen-bond donors (Lipinski definition) is 0. The average Bonchev–Trinajstić information content (AvgIpc) is 2.85. The Labute approximate surface area is 128 Å². The monoisotopic (exact) mass is 301 g/mol. The second-order valence-electron chi connectivity index (χ2n) is 4.84. The maximum atomic E-state index is 5.93. The lowest BCUT2D eigenvalue weighted by molar-refractivity contribution is 0.412. The van der Waals surface area contributed by atoms with Gasteiger partial charge in [-0.1, -0.05) is 6.07 Å². The van der Waals surface area contributed by atoms with Crippen molar-refractivity contribution < 1.29 is 4.74 Å². The van der Waals surface area contributed by atoms with Crippen LogP contribution in [0.5, 0.6) is 5.75 Å². The number of fused-ring (bicyclic) bond motifs is 1. The molecule has 0 radical (unpaired) electrons. The Balaban J connectivity index is 2.32. The van der Waals surface area contributed by atoms with Crippen LogP contribution in [-0.2, 0) is 6.42 Å². The van der Waals surface area contributed by atoms with Crippen LogP contribution in [0.1, 0.15) is 11.4 Å². The minimum atomic E-state index is 0.519. The fourth-order valence-electron chi connectivity index (χ4n) is 2.48. The molecule has 0 amide bonds. The van der Waals surface area contributed by atoms with Crippen molar-refractivity contribution >= 4 is 22.6 Å². The molecule has 0 unspecified atom stereocenters. The van der Waals surface area contributed by atoms with E-state index in [-0.39, 0.29) is 0 Å². The molecule has 0 aliphatic heterocycles. The number of alkyl halides is 1. The largest absolute Gasteiger partial charge is 0.495 e. The zero-order valence-electron chi connectivity index (χ0n) is 12.0. The molecule has 3 rings (SSSR count). The van der Waals surface area contributed by atoms with Crippen LogP contribution in [0.2, 0.25) is 0 Å². The molecule has 0 saturated heterocycles. The lowest BCUT2D eigenvalue weighted by Crippen LogP contribution is -2.04. The van der Waals surface area contributed by atoms with Crippen molar-refractivity contribution in [3.05, 3.63) is 48.0 Å². The number of benzene rings is 1. The van der Waals surface area contributed by atoms with Gasteiger partial charge in [0.15, 0.2) is 0 Å². The molecule has 0 saturated carbocycles. The van der Waals surface area contributed by atoms with Gasteiger partial charge in [0.05, 0.1) is 24.5 Å². The maximum Gasteiger partial charge on any atom is 0.142 e. The van der Waals surface area contributed by atoms with Gasteiger partial charge in [0.25, 0.3) is 0 Å². The number of nitrogens with zero attached hydrogens (tertiary/aromatic N) is 3. The van der Waals surface area contributed by atoms with E-state index < -0.39 is 0 Å². The number of rotatable bonds is 4. The van der Waals surface area contributed by atoms with Crippen molar-refractivity contribution in [2.45, 2.75) is 13.3 Å². The Kier molecular flexibility index (Phi) is 3.80. The van der Waals surface area contributed by atoms with E-state index in [0.29, 0.717) is 12.3 Å². The second kappa shape index (κ2) is 5.74. The van der Waals surface area contributed by atoms with E-state index in [9.17, 15) is 0 Å². The molecule has 2 aromatic heterocycles. The Morgan fingerprint density at radius 3 is 2.90 bits per heavy atom. The maximum absolute atomic E-state index is 5.93. The van der Waals surface area contributed by atoms with E-state index in [1.807, 2.05) is 18.2 Å². The number of imidazole rings is 1. The van der Waals surface area contributed by atoms with Crippen LogP contribution in [0.3, 0.4) is 0 Å². The van der Waals surface area contributed by atoms with Gasteiger partial charge in [-0.2, -0.15) is 0 Å². The van der Waals surface area contributed by atoms with Crippen LogP contribution < -0.4 is 4.74 Å². The fraction of sp³-hybridized carbons (Fsp3) is 0.250. The Morgan fingerprint density at radius 1 is 1.29 bits per heavy atom. The van der Waals surface area contributed by atoms with Gasteiger partial charge >= 0.3 is 0 Å². The number of methoxy groups -OCH3 is 1. The molecule has 3 aromatic rings. The van der Waals surface area contributed by atoms with Crippen LogP contribution in [0, 0.1) is 6.92 Å². The van der Waals surface area contributed by atoms with E-state index in [1.165, 1.54) is 5.56 Å². The lowest BCUT2D eigenvalue weighted by Gasteiger charge is -2.13. The highest BCUT2D eigenvalue weighted by molar-refractivity contribution is 6.17. The number of pyridine rings is 1. The van der Waals surface area contributed by atoms with Crippen molar-refractivity contribution in [3.8, 4) is 11.4 Å².